The Kier molecular flexibility index (Phi) is 4.25. The third kappa shape index (κ3) is 4.06. The molecule has 0 radical (unpaired) electrons. The van der Waals surface area contributed by atoms with Gasteiger partial charge in [0.1, 0.15) is 0 Å². The molecule has 1 saturated heterocycles. The maximum atomic E-state index is 10.9. The summed E-state index contributed by atoms with van der Waals surface area (Å²) in [6, 6.07) is 8.66. The first kappa shape index (κ1) is 14.1. The van der Waals surface area contributed by atoms with E-state index in [9.17, 15) is 4.79 Å². The molecule has 0 bridgehead atoms. The second kappa shape index (κ2) is 5.74. The van der Waals surface area contributed by atoms with Crippen molar-refractivity contribution in [2.24, 2.45) is 5.41 Å². The molecule has 0 atom stereocenters. The first-order valence-corrected chi connectivity index (χ1v) is 6.97. The van der Waals surface area contributed by atoms with Gasteiger partial charge < -0.3 is 5.11 Å². The predicted molar refractivity (Wildman–Crippen MR) is 76.0 cm³/mol. The van der Waals surface area contributed by atoms with Crippen molar-refractivity contribution in [1.82, 2.24) is 4.90 Å². The van der Waals surface area contributed by atoms with Gasteiger partial charge in [0.15, 0.2) is 0 Å². The van der Waals surface area contributed by atoms with E-state index in [1.165, 1.54) is 11.1 Å². The highest BCUT2D eigenvalue weighted by Crippen LogP contribution is 2.34. The lowest BCUT2D eigenvalue weighted by molar-refractivity contribution is -0.140. The summed E-state index contributed by atoms with van der Waals surface area (Å²) in [7, 11) is 0. The first-order chi connectivity index (χ1) is 8.97. The molecule has 2 rings (SSSR count). The fourth-order valence-corrected chi connectivity index (χ4v) is 2.74. The van der Waals surface area contributed by atoms with Crippen molar-refractivity contribution in [3.05, 3.63) is 35.4 Å². The molecule has 3 nitrogen and oxygen atoms in total. The highest BCUT2D eigenvalue weighted by Gasteiger charge is 2.32. The minimum atomic E-state index is -0.672. The fraction of sp³-hybridized carbons (Fsp3) is 0.562. The monoisotopic (exact) mass is 261 g/mol. The quantitative estimate of drug-likeness (QED) is 0.905. The lowest BCUT2D eigenvalue weighted by Gasteiger charge is -2.38. The second-order valence-electron chi connectivity index (χ2n) is 6.14. The van der Waals surface area contributed by atoms with Gasteiger partial charge in [-0.3, -0.25) is 9.69 Å². The van der Waals surface area contributed by atoms with Crippen LogP contribution in [0.3, 0.4) is 0 Å². The number of carboxylic acids is 1. The van der Waals surface area contributed by atoms with Crippen molar-refractivity contribution in [3.8, 4) is 0 Å². The third-order valence-electron chi connectivity index (χ3n) is 4.17. The Labute approximate surface area is 115 Å². The Hall–Kier alpha value is -1.35. The standard InChI is InChI=1S/C16H23NO2/c1-13-3-5-14(6-4-13)12-17-9-7-16(2,8-10-17)11-15(18)19/h3-6H,7-12H2,1-2H3,(H,18,19). The van der Waals surface area contributed by atoms with Crippen LogP contribution in [0.25, 0.3) is 0 Å². The second-order valence-corrected chi connectivity index (χ2v) is 6.14. The molecule has 1 aromatic rings. The van der Waals surface area contributed by atoms with Crippen LogP contribution in [0.1, 0.15) is 37.3 Å². The molecular formula is C16H23NO2. The van der Waals surface area contributed by atoms with Crippen molar-refractivity contribution >= 4 is 5.97 Å². The van der Waals surface area contributed by atoms with Gasteiger partial charge in [-0.1, -0.05) is 36.8 Å². The summed E-state index contributed by atoms with van der Waals surface area (Å²) in [6.07, 6.45) is 2.25. The molecule has 0 aliphatic carbocycles. The molecule has 1 fully saturated rings. The van der Waals surface area contributed by atoms with Crippen molar-refractivity contribution in [3.63, 3.8) is 0 Å². The van der Waals surface area contributed by atoms with Crippen LogP contribution in [0, 0.1) is 12.3 Å². The largest absolute Gasteiger partial charge is 0.481 e. The van der Waals surface area contributed by atoms with Crippen LogP contribution >= 0.6 is 0 Å². The van der Waals surface area contributed by atoms with Crippen LogP contribution in [-0.2, 0) is 11.3 Å². The Balaban J connectivity index is 1.86. The predicted octanol–water partition coefficient (Wildman–Crippen LogP) is 3.07. The van der Waals surface area contributed by atoms with Crippen LogP contribution in [0.4, 0.5) is 0 Å². The lowest BCUT2D eigenvalue weighted by atomic mass is 9.77. The fourth-order valence-electron chi connectivity index (χ4n) is 2.74. The number of benzene rings is 1. The smallest absolute Gasteiger partial charge is 0.303 e. The van der Waals surface area contributed by atoms with Crippen molar-refractivity contribution in [1.29, 1.82) is 0 Å². The number of carbonyl (C=O) groups is 1. The average Bonchev–Trinajstić information content (AvgIpc) is 2.34. The molecule has 19 heavy (non-hydrogen) atoms. The number of carboxylic acid groups (broad SMARTS) is 1. The summed E-state index contributed by atoms with van der Waals surface area (Å²) in [4.78, 5) is 13.3. The molecule has 0 saturated carbocycles. The Morgan fingerprint density at radius 2 is 1.84 bits per heavy atom. The lowest BCUT2D eigenvalue weighted by Crippen LogP contribution is -2.39. The van der Waals surface area contributed by atoms with E-state index in [4.69, 9.17) is 5.11 Å². The van der Waals surface area contributed by atoms with Crippen molar-refractivity contribution in [2.75, 3.05) is 13.1 Å². The van der Waals surface area contributed by atoms with E-state index in [1.54, 1.807) is 0 Å². The van der Waals surface area contributed by atoms with E-state index in [2.05, 4.69) is 43.0 Å². The Morgan fingerprint density at radius 3 is 2.37 bits per heavy atom. The van der Waals surface area contributed by atoms with E-state index in [1.807, 2.05) is 0 Å². The summed E-state index contributed by atoms with van der Waals surface area (Å²) >= 11 is 0. The molecule has 1 heterocycles. The summed E-state index contributed by atoms with van der Waals surface area (Å²) < 4.78 is 0. The van der Waals surface area contributed by atoms with E-state index < -0.39 is 5.97 Å². The first-order valence-electron chi connectivity index (χ1n) is 6.97. The zero-order valence-corrected chi connectivity index (χ0v) is 11.9. The Morgan fingerprint density at radius 1 is 1.26 bits per heavy atom. The van der Waals surface area contributed by atoms with Gasteiger partial charge in [-0.2, -0.15) is 0 Å². The van der Waals surface area contributed by atoms with Crippen LogP contribution in [0.2, 0.25) is 0 Å². The molecule has 0 aromatic heterocycles. The highest BCUT2D eigenvalue weighted by molar-refractivity contribution is 5.67. The maximum Gasteiger partial charge on any atom is 0.303 e. The van der Waals surface area contributed by atoms with Gasteiger partial charge in [0.25, 0.3) is 0 Å². The summed E-state index contributed by atoms with van der Waals surface area (Å²) in [6.45, 7) is 7.17. The topological polar surface area (TPSA) is 40.5 Å². The summed E-state index contributed by atoms with van der Waals surface area (Å²) in [5.41, 5.74) is 2.61. The van der Waals surface area contributed by atoms with E-state index in [-0.39, 0.29) is 5.41 Å². The average molecular weight is 261 g/mol. The normalized spacial score (nSPS) is 19.3. The number of nitrogens with zero attached hydrogens (tertiary/aromatic N) is 1. The zero-order chi connectivity index (χ0) is 13.9. The minimum Gasteiger partial charge on any atom is -0.481 e. The van der Waals surface area contributed by atoms with Crippen LogP contribution < -0.4 is 0 Å². The van der Waals surface area contributed by atoms with E-state index in [0.29, 0.717) is 6.42 Å². The molecule has 104 valence electrons. The van der Waals surface area contributed by atoms with Gasteiger partial charge in [0, 0.05) is 6.54 Å². The van der Waals surface area contributed by atoms with Gasteiger partial charge in [-0.15, -0.1) is 0 Å². The van der Waals surface area contributed by atoms with Crippen LogP contribution in [0.15, 0.2) is 24.3 Å². The molecule has 0 amide bonds. The molecule has 0 spiro atoms. The number of aliphatic carboxylic acids is 1. The van der Waals surface area contributed by atoms with E-state index >= 15 is 0 Å². The number of hydrogen-bond donors (Lipinski definition) is 1. The van der Waals surface area contributed by atoms with Gasteiger partial charge in [0.2, 0.25) is 0 Å². The van der Waals surface area contributed by atoms with Gasteiger partial charge in [-0.25, -0.2) is 0 Å². The van der Waals surface area contributed by atoms with Crippen LogP contribution in [0.5, 0.6) is 0 Å². The van der Waals surface area contributed by atoms with Gasteiger partial charge in [0.05, 0.1) is 6.42 Å². The molecular weight excluding hydrogens is 238 g/mol. The number of likely N-dealkylation sites (tertiary alicyclic amines) is 1. The number of piperidine rings is 1. The molecule has 0 unspecified atom stereocenters. The minimum absolute atomic E-state index is 0.0182. The molecule has 1 aromatic carbocycles. The SMILES string of the molecule is Cc1ccc(CN2CCC(C)(CC(=O)O)CC2)cc1. The third-order valence-corrected chi connectivity index (χ3v) is 4.17. The Bertz CT molecular complexity index is 431. The van der Waals surface area contributed by atoms with E-state index in [0.717, 1.165) is 32.5 Å². The highest BCUT2D eigenvalue weighted by atomic mass is 16.4. The molecule has 1 N–H and O–H groups in total. The van der Waals surface area contributed by atoms with Crippen molar-refractivity contribution < 1.29 is 9.90 Å². The number of aryl methyl sites for hydroxylation is 1. The van der Waals surface area contributed by atoms with Gasteiger partial charge in [-0.05, 0) is 43.8 Å². The summed E-state index contributed by atoms with van der Waals surface area (Å²) in [5, 5.41) is 8.94. The van der Waals surface area contributed by atoms with Crippen molar-refractivity contribution in [2.45, 2.75) is 39.7 Å². The van der Waals surface area contributed by atoms with Gasteiger partial charge >= 0.3 is 5.97 Å². The van der Waals surface area contributed by atoms with Crippen LogP contribution in [-0.4, -0.2) is 29.1 Å². The molecule has 1 aliphatic heterocycles. The number of hydrogen-bond acceptors (Lipinski definition) is 2. The molecule has 1 aliphatic rings. The molecule has 3 heteroatoms. The maximum absolute atomic E-state index is 10.9. The summed E-state index contributed by atoms with van der Waals surface area (Å²) in [5.74, 6) is -0.672. The number of rotatable bonds is 4. The zero-order valence-electron chi connectivity index (χ0n) is 11.9.